The number of benzene rings is 4. The number of phenolic OH excluding ortho intramolecular Hbond substituents is 2. The van der Waals surface area contributed by atoms with Crippen LogP contribution in [0.5, 0.6) is 17.5 Å². The predicted molar refractivity (Wildman–Crippen MR) is 278 cm³/mol. The number of piperazine rings is 1. The quantitative estimate of drug-likeness (QED) is 0.102. The number of nitrogens with one attached hydrogen (secondary N) is 2. The lowest BCUT2D eigenvalue weighted by molar-refractivity contribution is -0.128. The minimum absolute atomic E-state index is 0.00675. The number of halogens is 1. The Morgan fingerprint density at radius 2 is 1.75 bits per heavy atom. The van der Waals surface area contributed by atoms with Crippen LogP contribution in [0.3, 0.4) is 0 Å². The highest BCUT2D eigenvalue weighted by Crippen LogP contribution is 2.38. The maximum absolute atomic E-state index is 13.7. The minimum atomic E-state index is -0.452. The van der Waals surface area contributed by atoms with E-state index in [2.05, 4.69) is 66.0 Å². The fraction of sp³-hybridized carbons (Fsp3) is 0.389. The lowest BCUT2D eigenvalue weighted by atomic mass is 9.95. The molecule has 0 radical (unpaired) electrons. The molecule has 2 aromatic heterocycles. The summed E-state index contributed by atoms with van der Waals surface area (Å²) in [5.41, 5.74) is 4.97. The van der Waals surface area contributed by atoms with Gasteiger partial charge in [-0.05, 0) is 106 Å². The van der Waals surface area contributed by atoms with Crippen molar-refractivity contribution in [1.29, 1.82) is 5.26 Å². The summed E-state index contributed by atoms with van der Waals surface area (Å²) in [5, 5.41) is 43.0. The number of likely N-dealkylation sites (tertiary alicyclic amines) is 2. The summed E-state index contributed by atoms with van der Waals surface area (Å²) in [7, 11) is 2.05. The number of carbonyl (C=O) groups excluding carboxylic acids is 2. The van der Waals surface area contributed by atoms with Gasteiger partial charge < -0.3 is 35.0 Å². The van der Waals surface area contributed by atoms with E-state index < -0.39 is 5.69 Å². The Morgan fingerprint density at radius 3 is 2.52 bits per heavy atom. The maximum atomic E-state index is 13.7. The summed E-state index contributed by atoms with van der Waals surface area (Å²) in [5.74, 6) is 0.547. The van der Waals surface area contributed by atoms with E-state index in [9.17, 15) is 29.9 Å². The molecule has 3 atom stereocenters. The summed E-state index contributed by atoms with van der Waals surface area (Å²) in [6.45, 7) is 11.3. The van der Waals surface area contributed by atoms with Crippen molar-refractivity contribution in [1.82, 2.24) is 44.7 Å². The number of hydrogen-bond acceptors (Lipinski definition) is 14. The summed E-state index contributed by atoms with van der Waals surface area (Å²) >= 11 is 6.80. The number of aromatic hydroxyl groups is 2. The van der Waals surface area contributed by atoms with E-state index >= 15 is 0 Å². The molecule has 10 rings (SSSR count). The number of anilines is 2. The van der Waals surface area contributed by atoms with Gasteiger partial charge >= 0.3 is 11.7 Å². The van der Waals surface area contributed by atoms with Crippen LogP contribution >= 0.6 is 11.6 Å². The lowest BCUT2D eigenvalue weighted by Crippen LogP contribution is -2.55. The number of H-pyrrole nitrogens is 1. The normalized spacial score (nSPS) is 19.7. The number of aromatic amines is 1. The van der Waals surface area contributed by atoms with Crippen molar-refractivity contribution in [2.75, 3.05) is 69.3 Å². The molecule has 0 aliphatic carbocycles. The number of piperidine rings is 1. The molecule has 73 heavy (non-hydrogen) atoms. The number of phenols is 2. The van der Waals surface area contributed by atoms with E-state index in [0.29, 0.717) is 80.6 Å². The van der Waals surface area contributed by atoms with Crippen LogP contribution in [0.25, 0.3) is 27.8 Å². The molecule has 6 aromatic rings. The molecule has 3 fully saturated rings. The monoisotopic (exact) mass is 1010 g/mol. The van der Waals surface area contributed by atoms with Crippen LogP contribution in [-0.2, 0) is 29.1 Å². The van der Waals surface area contributed by atoms with E-state index in [-0.39, 0.29) is 65.6 Å². The van der Waals surface area contributed by atoms with Crippen LogP contribution in [0.4, 0.5) is 11.5 Å². The molecule has 2 amide bonds. The summed E-state index contributed by atoms with van der Waals surface area (Å²) in [6.07, 6.45) is 4.35. The number of rotatable bonds is 13. The van der Waals surface area contributed by atoms with E-state index in [1.807, 2.05) is 49.5 Å². The first-order valence-corrected chi connectivity index (χ1v) is 25.3. The highest BCUT2D eigenvalue weighted by atomic mass is 35.5. The molecule has 6 heterocycles. The Morgan fingerprint density at radius 1 is 0.973 bits per heavy atom. The van der Waals surface area contributed by atoms with Gasteiger partial charge in [-0.25, -0.2) is 14.5 Å². The van der Waals surface area contributed by atoms with Crippen molar-refractivity contribution < 1.29 is 24.5 Å². The standard InChI is InChI=1S/C54H59ClN12O6/c1-4-48(70)66-24-23-65(30-39(66)15-19-56)50-41-18-22-64(45-10-6-8-35-7-5-9-43(55)49(35)45)31-44(41)58-53(59-50)73-32-40-26-37(29-62(40)3)57-52(71)36-16-20-63(21-17-36)28-34-11-13-38(14-12-34)67-51(60-61-54(67)72)42-25-33(2)46(68)27-47(42)69/h4-14,25,27,36-37,39-40,68-69H,1,15-18,20-24,26,28-32H2,2-3H3,(H,57,71)(H,61,72)/t37-,39+,40+/m1/s1. The topological polar surface area (TPSA) is 212 Å². The smallest absolute Gasteiger partial charge is 0.348 e. The number of hydrogen-bond donors (Lipinski definition) is 4. The summed E-state index contributed by atoms with van der Waals surface area (Å²) in [6, 6.07) is 24.8. The second kappa shape index (κ2) is 20.9. The van der Waals surface area contributed by atoms with Crippen LogP contribution in [-0.4, -0.2) is 139 Å². The molecule has 3 saturated heterocycles. The second-order valence-corrected chi connectivity index (χ2v) is 20.1. The number of aryl methyl sites for hydroxylation is 1. The molecule has 4 aromatic carbocycles. The average Bonchev–Trinajstić information content (AvgIpc) is 3.96. The van der Waals surface area contributed by atoms with E-state index in [0.717, 1.165) is 71.6 Å². The molecular weight excluding hydrogens is 948 g/mol. The van der Waals surface area contributed by atoms with Gasteiger partial charge in [0.2, 0.25) is 11.8 Å². The number of likely N-dealkylation sites (N-methyl/N-ethyl adjacent to an activating group) is 1. The third-order valence-corrected chi connectivity index (χ3v) is 15.3. The van der Waals surface area contributed by atoms with Gasteiger partial charge in [0.15, 0.2) is 5.82 Å². The molecule has 4 N–H and O–H groups in total. The van der Waals surface area contributed by atoms with Crippen LogP contribution in [0.2, 0.25) is 5.02 Å². The zero-order valence-electron chi connectivity index (χ0n) is 41.0. The van der Waals surface area contributed by atoms with Crippen molar-refractivity contribution in [2.45, 2.75) is 70.2 Å². The molecule has 19 heteroatoms. The van der Waals surface area contributed by atoms with Crippen molar-refractivity contribution in [3.05, 3.63) is 123 Å². The second-order valence-electron chi connectivity index (χ2n) is 19.6. The number of carbonyl (C=O) groups is 2. The van der Waals surface area contributed by atoms with E-state index in [4.69, 9.17) is 26.3 Å². The van der Waals surface area contributed by atoms with E-state index in [1.165, 1.54) is 16.7 Å². The average molecular weight is 1010 g/mol. The van der Waals surface area contributed by atoms with Crippen LogP contribution < -0.4 is 25.5 Å². The number of ether oxygens (including phenoxy) is 1. The van der Waals surface area contributed by atoms with Crippen molar-refractivity contribution in [2.24, 2.45) is 5.92 Å². The Hall–Kier alpha value is -7.46. The third-order valence-electron chi connectivity index (χ3n) is 15.0. The first kappa shape index (κ1) is 49.1. The Bertz CT molecular complexity index is 3160. The van der Waals surface area contributed by atoms with Gasteiger partial charge in [0.1, 0.15) is 23.9 Å². The number of fused-ring (bicyclic) bond motifs is 2. The first-order chi connectivity index (χ1) is 35.3. The number of aromatic nitrogens is 5. The molecule has 4 aliphatic rings. The van der Waals surface area contributed by atoms with Crippen molar-refractivity contribution in [3.63, 3.8) is 0 Å². The number of nitriles is 1. The lowest BCUT2D eigenvalue weighted by Gasteiger charge is -2.42. The van der Waals surface area contributed by atoms with Crippen molar-refractivity contribution >= 4 is 45.7 Å². The molecule has 0 unspecified atom stereocenters. The predicted octanol–water partition coefficient (Wildman–Crippen LogP) is 5.70. The van der Waals surface area contributed by atoms with Gasteiger partial charge in [-0.1, -0.05) is 54.6 Å². The Labute approximate surface area is 428 Å². The zero-order valence-corrected chi connectivity index (χ0v) is 41.8. The minimum Gasteiger partial charge on any atom is -0.508 e. The fourth-order valence-corrected chi connectivity index (χ4v) is 11.3. The van der Waals surface area contributed by atoms with Crippen LogP contribution in [0.1, 0.15) is 48.1 Å². The highest BCUT2D eigenvalue weighted by Gasteiger charge is 2.36. The molecule has 0 bridgehead atoms. The van der Waals surface area contributed by atoms with Gasteiger partial charge in [-0.15, -0.1) is 0 Å². The molecule has 18 nitrogen and oxygen atoms in total. The van der Waals surface area contributed by atoms with Gasteiger partial charge in [-0.2, -0.15) is 20.3 Å². The maximum Gasteiger partial charge on any atom is 0.348 e. The largest absolute Gasteiger partial charge is 0.508 e. The Balaban J connectivity index is 0.765. The Kier molecular flexibility index (Phi) is 14.1. The molecule has 0 saturated carbocycles. The highest BCUT2D eigenvalue weighted by molar-refractivity contribution is 6.36. The SMILES string of the molecule is C=CC(=O)N1CCN(c2nc(OC[C@@H]3C[C@@H](NC(=O)C4CCN(Cc5ccc(-n6c(-c7cc(C)c(O)cc7O)n[nH]c6=O)cc5)CC4)CN3C)nc3c2CCN(c2cccc4cccc(Cl)c24)C3)C[C@@H]1CC#N. The van der Waals surface area contributed by atoms with Gasteiger partial charge in [-0.3, -0.25) is 19.4 Å². The molecule has 0 spiro atoms. The molecule has 378 valence electrons. The number of nitrogens with zero attached hydrogens (tertiary/aromatic N) is 10. The van der Waals surface area contributed by atoms with Gasteiger partial charge in [0.05, 0.1) is 47.0 Å². The number of amides is 2. The van der Waals surface area contributed by atoms with Crippen LogP contribution in [0.15, 0.2) is 90.2 Å². The summed E-state index contributed by atoms with van der Waals surface area (Å²) in [4.78, 5) is 60.3. The first-order valence-electron chi connectivity index (χ1n) is 24.9. The molecular formula is C54H59ClN12O6. The summed E-state index contributed by atoms with van der Waals surface area (Å²) < 4.78 is 7.91. The van der Waals surface area contributed by atoms with Gasteiger partial charge in [0.25, 0.3) is 0 Å². The van der Waals surface area contributed by atoms with E-state index in [1.54, 1.807) is 17.9 Å². The fourth-order valence-electron chi connectivity index (χ4n) is 11.0. The van der Waals surface area contributed by atoms with Crippen molar-refractivity contribution in [3.8, 4) is 40.7 Å². The van der Waals surface area contributed by atoms with Gasteiger partial charge in [0, 0.05) is 80.0 Å². The third kappa shape index (κ3) is 10.2. The molecule has 4 aliphatic heterocycles. The van der Waals surface area contributed by atoms with Crippen LogP contribution in [0, 0.1) is 24.2 Å². The zero-order chi connectivity index (χ0) is 50.9.